The van der Waals surface area contributed by atoms with Crippen molar-refractivity contribution in [2.24, 2.45) is 11.7 Å². The van der Waals surface area contributed by atoms with Crippen molar-refractivity contribution in [2.45, 2.75) is 27.2 Å². The summed E-state index contributed by atoms with van der Waals surface area (Å²) >= 11 is 0. The standard InChI is InChI=1S/C13H22N2O2/c1-4-15(5-2)13(16)11(9-14)8-12-10(3)6-7-17-12/h6-7,11H,4-5,8-9,14H2,1-3H3. The van der Waals surface area contributed by atoms with Gasteiger partial charge >= 0.3 is 0 Å². The minimum Gasteiger partial charge on any atom is -0.469 e. The van der Waals surface area contributed by atoms with Gasteiger partial charge in [-0.25, -0.2) is 0 Å². The van der Waals surface area contributed by atoms with Crippen molar-refractivity contribution in [1.29, 1.82) is 0 Å². The van der Waals surface area contributed by atoms with Gasteiger partial charge in [-0.3, -0.25) is 4.79 Å². The van der Waals surface area contributed by atoms with Crippen LogP contribution < -0.4 is 5.73 Å². The number of carbonyl (C=O) groups excluding carboxylic acids is 1. The van der Waals surface area contributed by atoms with E-state index in [1.807, 2.05) is 31.7 Å². The Morgan fingerprint density at radius 3 is 2.53 bits per heavy atom. The second-order valence-electron chi connectivity index (χ2n) is 4.17. The molecule has 1 heterocycles. The molecule has 0 aromatic carbocycles. The minimum absolute atomic E-state index is 0.119. The molecule has 1 unspecified atom stereocenters. The number of nitrogens with two attached hydrogens (primary N) is 1. The predicted octanol–water partition coefficient (Wildman–Crippen LogP) is 1.57. The molecule has 0 aliphatic carbocycles. The zero-order valence-electron chi connectivity index (χ0n) is 10.9. The molecule has 2 N–H and O–H groups in total. The third-order valence-electron chi connectivity index (χ3n) is 3.11. The van der Waals surface area contributed by atoms with Gasteiger partial charge in [0.05, 0.1) is 12.2 Å². The van der Waals surface area contributed by atoms with Crippen LogP contribution in [0.1, 0.15) is 25.2 Å². The van der Waals surface area contributed by atoms with E-state index in [-0.39, 0.29) is 11.8 Å². The van der Waals surface area contributed by atoms with Gasteiger partial charge in [-0.2, -0.15) is 0 Å². The van der Waals surface area contributed by atoms with Crippen LogP contribution in [0.5, 0.6) is 0 Å². The minimum atomic E-state index is -0.181. The molecule has 4 nitrogen and oxygen atoms in total. The molecule has 0 aliphatic heterocycles. The highest BCUT2D eigenvalue weighted by molar-refractivity contribution is 5.79. The lowest BCUT2D eigenvalue weighted by atomic mass is 10.0. The van der Waals surface area contributed by atoms with Gasteiger partial charge in [-0.1, -0.05) is 0 Å². The molecule has 0 fully saturated rings. The number of nitrogens with zero attached hydrogens (tertiary/aromatic N) is 1. The molecular formula is C13H22N2O2. The Morgan fingerprint density at radius 2 is 2.12 bits per heavy atom. The number of hydrogen-bond acceptors (Lipinski definition) is 3. The van der Waals surface area contributed by atoms with Crippen LogP contribution in [-0.4, -0.2) is 30.4 Å². The van der Waals surface area contributed by atoms with Gasteiger partial charge in [0, 0.05) is 26.1 Å². The largest absolute Gasteiger partial charge is 0.469 e. The summed E-state index contributed by atoms with van der Waals surface area (Å²) in [6.45, 7) is 7.75. The zero-order chi connectivity index (χ0) is 12.8. The average Bonchev–Trinajstić information content (AvgIpc) is 2.73. The molecule has 0 bridgehead atoms. The predicted molar refractivity (Wildman–Crippen MR) is 67.6 cm³/mol. The van der Waals surface area contributed by atoms with Crippen LogP contribution in [-0.2, 0) is 11.2 Å². The molecule has 0 saturated carbocycles. The summed E-state index contributed by atoms with van der Waals surface area (Å²) in [5.41, 5.74) is 6.78. The fourth-order valence-electron chi connectivity index (χ4n) is 1.90. The van der Waals surface area contributed by atoms with Crippen molar-refractivity contribution >= 4 is 5.91 Å². The first kappa shape index (κ1) is 13.8. The normalized spacial score (nSPS) is 12.5. The van der Waals surface area contributed by atoms with Gasteiger partial charge in [0.25, 0.3) is 0 Å². The van der Waals surface area contributed by atoms with Crippen LogP contribution in [0.25, 0.3) is 0 Å². The highest BCUT2D eigenvalue weighted by Gasteiger charge is 2.23. The van der Waals surface area contributed by atoms with Crippen LogP contribution in [0.15, 0.2) is 16.7 Å². The monoisotopic (exact) mass is 238 g/mol. The fraction of sp³-hybridized carbons (Fsp3) is 0.615. The average molecular weight is 238 g/mol. The summed E-state index contributed by atoms with van der Waals surface area (Å²) in [5.74, 6) is 0.800. The van der Waals surface area contributed by atoms with Gasteiger partial charge in [0.15, 0.2) is 0 Å². The Labute approximate surface area is 103 Å². The number of hydrogen-bond donors (Lipinski definition) is 1. The molecule has 1 atom stereocenters. The third-order valence-corrected chi connectivity index (χ3v) is 3.11. The molecule has 1 amide bonds. The van der Waals surface area contributed by atoms with E-state index < -0.39 is 0 Å². The van der Waals surface area contributed by atoms with E-state index in [1.165, 1.54) is 0 Å². The maximum atomic E-state index is 12.2. The molecular weight excluding hydrogens is 216 g/mol. The molecule has 4 heteroatoms. The quantitative estimate of drug-likeness (QED) is 0.818. The van der Waals surface area contributed by atoms with Crippen molar-refractivity contribution in [2.75, 3.05) is 19.6 Å². The summed E-state index contributed by atoms with van der Waals surface area (Å²) in [7, 11) is 0. The van der Waals surface area contributed by atoms with Gasteiger partial charge < -0.3 is 15.1 Å². The van der Waals surface area contributed by atoms with E-state index in [9.17, 15) is 4.79 Å². The molecule has 1 aromatic heterocycles. The molecule has 96 valence electrons. The molecule has 0 radical (unpaired) electrons. The van der Waals surface area contributed by atoms with Gasteiger partial charge in [0.1, 0.15) is 5.76 Å². The number of amides is 1. The summed E-state index contributed by atoms with van der Waals surface area (Å²) in [6, 6.07) is 1.91. The summed E-state index contributed by atoms with van der Waals surface area (Å²) in [5, 5.41) is 0. The molecule has 17 heavy (non-hydrogen) atoms. The van der Waals surface area contributed by atoms with Crippen molar-refractivity contribution in [3.05, 3.63) is 23.7 Å². The lowest BCUT2D eigenvalue weighted by Gasteiger charge is -2.24. The zero-order valence-corrected chi connectivity index (χ0v) is 10.9. The lowest BCUT2D eigenvalue weighted by molar-refractivity contribution is -0.134. The first-order valence-electron chi connectivity index (χ1n) is 6.15. The highest BCUT2D eigenvalue weighted by Crippen LogP contribution is 2.15. The number of furan rings is 1. The molecule has 0 spiro atoms. The Hall–Kier alpha value is -1.29. The van der Waals surface area contributed by atoms with E-state index in [0.717, 1.165) is 24.4 Å². The van der Waals surface area contributed by atoms with Gasteiger partial charge in [-0.15, -0.1) is 0 Å². The maximum absolute atomic E-state index is 12.2. The second-order valence-corrected chi connectivity index (χ2v) is 4.17. The molecule has 0 saturated heterocycles. The number of rotatable bonds is 6. The Bertz CT molecular complexity index is 356. The third kappa shape index (κ3) is 3.33. The van der Waals surface area contributed by atoms with Crippen LogP contribution in [0, 0.1) is 12.8 Å². The van der Waals surface area contributed by atoms with Crippen molar-refractivity contribution in [1.82, 2.24) is 4.90 Å². The van der Waals surface area contributed by atoms with E-state index in [1.54, 1.807) is 6.26 Å². The van der Waals surface area contributed by atoms with Crippen molar-refractivity contribution in [3.8, 4) is 0 Å². The van der Waals surface area contributed by atoms with Crippen LogP contribution >= 0.6 is 0 Å². The van der Waals surface area contributed by atoms with Crippen molar-refractivity contribution in [3.63, 3.8) is 0 Å². The smallest absolute Gasteiger partial charge is 0.227 e. The Kier molecular flexibility index (Phi) is 5.22. The number of carbonyl (C=O) groups is 1. The van der Waals surface area contributed by atoms with Crippen molar-refractivity contribution < 1.29 is 9.21 Å². The first-order valence-corrected chi connectivity index (χ1v) is 6.15. The SMILES string of the molecule is CCN(CC)C(=O)C(CN)Cc1occc1C. The topological polar surface area (TPSA) is 59.5 Å². The summed E-state index contributed by atoms with van der Waals surface area (Å²) in [6.07, 6.45) is 2.24. The van der Waals surface area contributed by atoms with Crippen LogP contribution in [0.4, 0.5) is 0 Å². The van der Waals surface area contributed by atoms with Crippen LogP contribution in [0.2, 0.25) is 0 Å². The first-order chi connectivity index (χ1) is 8.13. The van der Waals surface area contributed by atoms with E-state index in [4.69, 9.17) is 10.2 Å². The maximum Gasteiger partial charge on any atom is 0.227 e. The summed E-state index contributed by atoms with van der Waals surface area (Å²) in [4.78, 5) is 14.0. The summed E-state index contributed by atoms with van der Waals surface area (Å²) < 4.78 is 5.37. The van der Waals surface area contributed by atoms with E-state index >= 15 is 0 Å². The fourth-order valence-corrected chi connectivity index (χ4v) is 1.90. The second kappa shape index (κ2) is 6.45. The molecule has 1 rings (SSSR count). The van der Waals surface area contributed by atoms with Crippen LogP contribution in [0.3, 0.4) is 0 Å². The Morgan fingerprint density at radius 1 is 1.47 bits per heavy atom. The molecule has 0 aliphatic rings. The van der Waals surface area contributed by atoms with Gasteiger partial charge in [-0.05, 0) is 32.4 Å². The Balaban J connectivity index is 2.72. The highest BCUT2D eigenvalue weighted by atomic mass is 16.3. The van der Waals surface area contributed by atoms with E-state index in [2.05, 4.69) is 0 Å². The lowest BCUT2D eigenvalue weighted by Crippen LogP contribution is -2.39. The molecule has 1 aromatic rings. The van der Waals surface area contributed by atoms with Gasteiger partial charge in [0.2, 0.25) is 5.91 Å². The van der Waals surface area contributed by atoms with E-state index in [0.29, 0.717) is 13.0 Å². The number of aryl methyl sites for hydroxylation is 1.